The standard InChI is InChI=1S/C16H22ClN3O2/c17-13-5-3-12(4-6-13)16(7-1-2-8-16)11-20-15(22)10-19-14(21)9-18/h3-6H,1-2,7-11,18H2,(H,19,21)(H,20,22). The number of nitrogens with one attached hydrogen (secondary N) is 2. The van der Waals surface area contributed by atoms with Gasteiger partial charge in [-0.15, -0.1) is 0 Å². The van der Waals surface area contributed by atoms with Gasteiger partial charge in [0.25, 0.3) is 0 Å². The molecule has 1 saturated carbocycles. The van der Waals surface area contributed by atoms with Gasteiger partial charge < -0.3 is 16.4 Å². The van der Waals surface area contributed by atoms with Crippen LogP contribution in [0.15, 0.2) is 24.3 Å². The lowest BCUT2D eigenvalue weighted by Gasteiger charge is -2.30. The van der Waals surface area contributed by atoms with E-state index in [4.69, 9.17) is 17.3 Å². The summed E-state index contributed by atoms with van der Waals surface area (Å²) in [6.07, 6.45) is 4.40. The highest BCUT2D eigenvalue weighted by Crippen LogP contribution is 2.40. The summed E-state index contributed by atoms with van der Waals surface area (Å²) in [5.74, 6) is -0.523. The molecule has 4 N–H and O–H groups in total. The highest BCUT2D eigenvalue weighted by atomic mass is 35.5. The molecule has 0 aliphatic heterocycles. The van der Waals surface area contributed by atoms with Crippen molar-refractivity contribution in [1.29, 1.82) is 0 Å². The number of carbonyl (C=O) groups is 2. The van der Waals surface area contributed by atoms with Gasteiger partial charge in [0.05, 0.1) is 13.1 Å². The van der Waals surface area contributed by atoms with Crippen molar-refractivity contribution in [3.8, 4) is 0 Å². The van der Waals surface area contributed by atoms with Gasteiger partial charge in [-0.25, -0.2) is 0 Å². The number of benzene rings is 1. The first-order valence-corrected chi connectivity index (χ1v) is 7.93. The molecule has 0 radical (unpaired) electrons. The molecule has 22 heavy (non-hydrogen) atoms. The van der Waals surface area contributed by atoms with Crippen molar-refractivity contribution in [3.63, 3.8) is 0 Å². The van der Waals surface area contributed by atoms with Crippen LogP contribution in [0.5, 0.6) is 0 Å². The Bertz CT molecular complexity index is 525. The number of carbonyl (C=O) groups excluding carboxylic acids is 2. The smallest absolute Gasteiger partial charge is 0.239 e. The molecule has 2 rings (SSSR count). The van der Waals surface area contributed by atoms with Gasteiger partial charge in [0.2, 0.25) is 11.8 Å². The fraction of sp³-hybridized carbons (Fsp3) is 0.500. The van der Waals surface area contributed by atoms with E-state index in [1.807, 2.05) is 24.3 Å². The average Bonchev–Trinajstić information content (AvgIpc) is 3.01. The van der Waals surface area contributed by atoms with Crippen molar-refractivity contribution in [2.45, 2.75) is 31.1 Å². The number of nitrogens with two attached hydrogens (primary N) is 1. The number of halogens is 1. The summed E-state index contributed by atoms with van der Waals surface area (Å²) in [5, 5.41) is 6.12. The first kappa shape index (κ1) is 16.8. The van der Waals surface area contributed by atoms with Gasteiger partial charge in [-0.2, -0.15) is 0 Å². The van der Waals surface area contributed by atoms with Crippen molar-refractivity contribution in [2.75, 3.05) is 19.6 Å². The van der Waals surface area contributed by atoms with E-state index in [2.05, 4.69) is 10.6 Å². The Morgan fingerprint density at radius 2 is 1.73 bits per heavy atom. The van der Waals surface area contributed by atoms with E-state index >= 15 is 0 Å². The van der Waals surface area contributed by atoms with Crippen LogP contribution in [0.25, 0.3) is 0 Å². The molecule has 0 bridgehead atoms. The van der Waals surface area contributed by atoms with Crippen LogP contribution >= 0.6 is 11.6 Å². The maximum atomic E-state index is 11.9. The van der Waals surface area contributed by atoms with Gasteiger partial charge in [-0.3, -0.25) is 9.59 Å². The van der Waals surface area contributed by atoms with E-state index in [1.165, 1.54) is 5.56 Å². The summed E-state index contributed by atoms with van der Waals surface area (Å²) in [7, 11) is 0. The Morgan fingerprint density at radius 3 is 2.32 bits per heavy atom. The Kier molecular flexibility index (Phi) is 5.80. The minimum Gasteiger partial charge on any atom is -0.354 e. The highest BCUT2D eigenvalue weighted by Gasteiger charge is 2.35. The zero-order valence-electron chi connectivity index (χ0n) is 12.5. The first-order valence-electron chi connectivity index (χ1n) is 7.55. The molecular formula is C16H22ClN3O2. The lowest BCUT2D eigenvalue weighted by atomic mass is 9.79. The van der Waals surface area contributed by atoms with Crippen molar-refractivity contribution in [1.82, 2.24) is 10.6 Å². The third-order valence-corrected chi connectivity index (χ3v) is 4.52. The Hall–Kier alpha value is -1.59. The lowest BCUT2D eigenvalue weighted by molar-refractivity contribution is -0.125. The van der Waals surface area contributed by atoms with Gasteiger partial charge in [-0.1, -0.05) is 36.6 Å². The Morgan fingerprint density at radius 1 is 1.09 bits per heavy atom. The first-order chi connectivity index (χ1) is 10.6. The summed E-state index contributed by atoms with van der Waals surface area (Å²) >= 11 is 5.96. The zero-order chi connectivity index (χ0) is 16.0. The van der Waals surface area contributed by atoms with Gasteiger partial charge >= 0.3 is 0 Å². The maximum absolute atomic E-state index is 11.9. The molecule has 1 aliphatic rings. The fourth-order valence-corrected chi connectivity index (χ4v) is 3.13. The van der Waals surface area contributed by atoms with Crippen LogP contribution in [0.4, 0.5) is 0 Å². The number of hydrogen-bond acceptors (Lipinski definition) is 3. The van der Waals surface area contributed by atoms with Crippen LogP contribution in [0.3, 0.4) is 0 Å². The molecule has 0 unspecified atom stereocenters. The molecule has 5 nitrogen and oxygen atoms in total. The summed E-state index contributed by atoms with van der Waals surface area (Å²) in [6.45, 7) is 0.431. The predicted molar refractivity (Wildman–Crippen MR) is 86.7 cm³/mol. The largest absolute Gasteiger partial charge is 0.354 e. The number of amides is 2. The van der Waals surface area contributed by atoms with E-state index in [0.29, 0.717) is 11.6 Å². The summed E-state index contributed by atoms with van der Waals surface area (Å²) in [6, 6.07) is 7.85. The summed E-state index contributed by atoms with van der Waals surface area (Å²) in [5.41, 5.74) is 6.37. The van der Waals surface area contributed by atoms with Crippen LogP contribution in [0, 0.1) is 0 Å². The summed E-state index contributed by atoms with van der Waals surface area (Å²) in [4.78, 5) is 22.9. The second-order valence-corrected chi connectivity index (χ2v) is 6.19. The van der Waals surface area contributed by atoms with Crippen LogP contribution < -0.4 is 16.4 Å². The maximum Gasteiger partial charge on any atom is 0.239 e. The molecule has 0 atom stereocenters. The molecule has 0 aromatic heterocycles. The third kappa shape index (κ3) is 4.21. The van der Waals surface area contributed by atoms with Gasteiger partial charge in [0, 0.05) is 17.0 Å². The van der Waals surface area contributed by atoms with Crippen molar-refractivity contribution in [3.05, 3.63) is 34.9 Å². The SMILES string of the molecule is NCC(=O)NCC(=O)NCC1(c2ccc(Cl)cc2)CCCC1. The van der Waals surface area contributed by atoms with Gasteiger partial charge in [0.15, 0.2) is 0 Å². The second-order valence-electron chi connectivity index (χ2n) is 5.75. The molecule has 0 spiro atoms. The Balaban J connectivity index is 1.96. The molecule has 2 amide bonds. The van der Waals surface area contributed by atoms with Crippen LogP contribution in [-0.4, -0.2) is 31.4 Å². The van der Waals surface area contributed by atoms with Crippen molar-refractivity contribution in [2.24, 2.45) is 5.73 Å². The number of hydrogen-bond donors (Lipinski definition) is 3. The Labute approximate surface area is 135 Å². The minimum atomic E-state index is -0.330. The quantitative estimate of drug-likeness (QED) is 0.738. The minimum absolute atomic E-state index is 0.0296. The van der Waals surface area contributed by atoms with Gasteiger partial charge in [0.1, 0.15) is 0 Å². The normalized spacial score (nSPS) is 16.3. The molecule has 1 aliphatic carbocycles. The van der Waals surface area contributed by atoms with Crippen molar-refractivity contribution < 1.29 is 9.59 Å². The average molecular weight is 324 g/mol. The topological polar surface area (TPSA) is 84.2 Å². The molecule has 1 fully saturated rings. The van der Waals surface area contributed by atoms with Gasteiger partial charge in [-0.05, 0) is 30.5 Å². The van der Waals surface area contributed by atoms with E-state index in [-0.39, 0.29) is 30.3 Å². The zero-order valence-corrected chi connectivity index (χ0v) is 13.3. The highest BCUT2D eigenvalue weighted by molar-refractivity contribution is 6.30. The fourth-order valence-electron chi connectivity index (χ4n) is 3.00. The van der Waals surface area contributed by atoms with Crippen LogP contribution in [-0.2, 0) is 15.0 Å². The third-order valence-electron chi connectivity index (χ3n) is 4.27. The van der Waals surface area contributed by atoms with E-state index in [1.54, 1.807) is 0 Å². The molecular weight excluding hydrogens is 302 g/mol. The molecule has 1 aromatic rings. The van der Waals surface area contributed by atoms with Crippen LogP contribution in [0.2, 0.25) is 5.02 Å². The monoisotopic (exact) mass is 323 g/mol. The predicted octanol–water partition coefficient (Wildman–Crippen LogP) is 1.34. The molecule has 0 heterocycles. The van der Waals surface area contributed by atoms with Crippen LogP contribution in [0.1, 0.15) is 31.2 Å². The second kappa shape index (κ2) is 7.61. The lowest BCUT2D eigenvalue weighted by Crippen LogP contribution is -2.44. The van der Waals surface area contributed by atoms with E-state index < -0.39 is 0 Å². The summed E-state index contributed by atoms with van der Waals surface area (Å²) < 4.78 is 0. The molecule has 6 heteroatoms. The van der Waals surface area contributed by atoms with E-state index in [9.17, 15) is 9.59 Å². The van der Waals surface area contributed by atoms with Crippen molar-refractivity contribution >= 4 is 23.4 Å². The number of rotatable bonds is 6. The molecule has 120 valence electrons. The molecule has 1 aromatic carbocycles. The molecule has 0 saturated heterocycles. The van der Waals surface area contributed by atoms with E-state index in [0.717, 1.165) is 25.7 Å².